The van der Waals surface area contributed by atoms with Gasteiger partial charge in [0.05, 0.1) is 0 Å². The normalized spacial score (nSPS) is 11.4. The number of nitrogens with two attached hydrogens (primary N) is 2. The first kappa shape index (κ1) is 7.62. The monoisotopic (exact) mass is 179 g/mol. The Morgan fingerprint density at radius 2 is 2.40 bits per heavy atom. The molecule has 1 rings (SSSR count). The van der Waals surface area contributed by atoms with Crippen molar-refractivity contribution in [3.8, 4) is 0 Å². The van der Waals surface area contributed by atoms with Crippen molar-refractivity contribution in [2.45, 2.75) is 0 Å². The van der Waals surface area contributed by atoms with Crippen LogP contribution in [-0.4, -0.2) is 10.2 Å². The molecule has 0 radical (unpaired) electrons. The van der Waals surface area contributed by atoms with Crippen LogP contribution in [0.2, 0.25) is 0 Å². The van der Waals surface area contributed by atoms with E-state index in [1.807, 2.05) is 0 Å². The van der Waals surface area contributed by atoms with Crippen LogP contribution >= 0.6 is 18.9 Å². The first-order chi connectivity index (χ1) is 4.58. The van der Waals surface area contributed by atoms with Crippen LogP contribution in [0.25, 0.3) is 0 Å². The predicted octanol–water partition coefficient (Wildman–Crippen LogP) is -0.0245. The number of anilines is 1. The van der Waals surface area contributed by atoms with Gasteiger partial charge in [-0.1, -0.05) is 11.3 Å². The molecule has 0 aliphatic carbocycles. The van der Waals surface area contributed by atoms with Crippen molar-refractivity contribution in [2.75, 3.05) is 5.09 Å². The van der Waals surface area contributed by atoms with Crippen molar-refractivity contribution in [2.24, 2.45) is 11.0 Å². The lowest BCUT2D eigenvalue weighted by atomic mass is 11.3. The van der Waals surface area contributed by atoms with E-state index in [2.05, 4.69) is 15.3 Å². The molecule has 0 aromatic carbocycles. The molecular formula is C2H6N5OPS. The van der Waals surface area contributed by atoms with Crippen molar-refractivity contribution < 1.29 is 4.57 Å². The second kappa shape index (κ2) is 2.63. The van der Waals surface area contributed by atoms with Crippen molar-refractivity contribution >= 4 is 24.1 Å². The Kier molecular flexibility index (Phi) is 2.00. The van der Waals surface area contributed by atoms with E-state index in [0.717, 1.165) is 0 Å². The molecule has 0 saturated carbocycles. The smallest absolute Gasteiger partial charge is 0.287 e. The minimum absolute atomic E-state index is 0.369. The Bertz CT molecular complexity index is 240. The van der Waals surface area contributed by atoms with Crippen LogP contribution in [0.3, 0.4) is 0 Å². The number of rotatable bonds is 2. The van der Waals surface area contributed by atoms with Crippen LogP contribution in [0, 0.1) is 0 Å². The highest BCUT2D eigenvalue weighted by Crippen LogP contribution is 2.27. The summed E-state index contributed by atoms with van der Waals surface area (Å²) in [5.41, 5.74) is 11.5. The first-order valence-electron chi connectivity index (χ1n) is 2.29. The van der Waals surface area contributed by atoms with Crippen LogP contribution in [0.4, 0.5) is 5.13 Å². The Morgan fingerprint density at radius 3 is 2.80 bits per heavy atom. The summed E-state index contributed by atoms with van der Waals surface area (Å²) in [5, 5.41) is 9.69. The third-order valence-corrected chi connectivity index (χ3v) is 1.95. The highest BCUT2D eigenvalue weighted by molar-refractivity contribution is 7.61. The summed E-state index contributed by atoms with van der Waals surface area (Å²) in [6, 6.07) is 0. The molecule has 5 N–H and O–H groups in total. The molecule has 0 aliphatic heterocycles. The van der Waals surface area contributed by atoms with E-state index < -0.39 is 7.59 Å². The maximum absolute atomic E-state index is 10.7. The van der Waals surface area contributed by atoms with Crippen LogP contribution in [0.15, 0.2) is 5.51 Å². The SMILES string of the molecule is NP(N)(=O)Nc1nncs1. The molecule has 10 heavy (non-hydrogen) atoms. The van der Waals surface area contributed by atoms with Gasteiger partial charge in [-0.3, -0.25) is 20.7 Å². The van der Waals surface area contributed by atoms with Crippen molar-refractivity contribution in [1.82, 2.24) is 10.2 Å². The van der Waals surface area contributed by atoms with E-state index in [1.165, 1.54) is 16.8 Å². The van der Waals surface area contributed by atoms with Crippen LogP contribution < -0.4 is 16.1 Å². The van der Waals surface area contributed by atoms with Gasteiger partial charge in [-0.25, -0.2) is 0 Å². The number of nitrogens with one attached hydrogen (secondary N) is 1. The molecule has 8 heteroatoms. The van der Waals surface area contributed by atoms with Crippen LogP contribution in [0.1, 0.15) is 0 Å². The van der Waals surface area contributed by atoms with Gasteiger partial charge >= 0.3 is 0 Å². The summed E-state index contributed by atoms with van der Waals surface area (Å²) in [6.07, 6.45) is 0. The highest BCUT2D eigenvalue weighted by Gasteiger charge is 2.08. The molecule has 56 valence electrons. The molecule has 1 heterocycles. The maximum atomic E-state index is 10.7. The second-order valence-electron chi connectivity index (χ2n) is 1.57. The zero-order valence-corrected chi connectivity index (χ0v) is 6.60. The molecule has 0 atom stereocenters. The van der Waals surface area contributed by atoms with Gasteiger partial charge < -0.3 is 0 Å². The second-order valence-corrected chi connectivity index (χ2v) is 4.04. The van der Waals surface area contributed by atoms with Gasteiger partial charge in [-0.15, -0.1) is 10.2 Å². The lowest BCUT2D eigenvalue weighted by Gasteiger charge is -2.04. The number of nitrogens with zero attached hydrogens (tertiary/aromatic N) is 2. The van der Waals surface area contributed by atoms with Crippen LogP contribution in [-0.2, 0) is 4.57 Å². The molecule has 0 bridgehead atoms. The Morgan fingerprint density at radius 1 is 1.70 bits per heavy atom. The first-order valence-corrected chi connectivity index (χ1v) is 5.02. The fourth-order valence-electron chi connectivity index (χ4n) is 0.371. The third kappa shape index (κ3) is 2.40. The van der Waals surface area contributed by atoms with Crippen molar-refractivity contribution in [1.29, 1.82) is 0 Å². The highest BCUT2D eigenvalue weighted by atomic mass is 32.1. The number of aromatic nitrogens is 2. The third-order valence-electron chi connectivity index (χ3n) is 0.630. The topological polar surface area (TPSA) is 107 Å². The maximum Gasteiger partial charge on any atom is 0.299 e. The zero-order valence-electron chi connectivity index (χ0n) is 4.89. The molecule has 0 fully saturated rings. The van der Waals surface area contributed by atoms with Gasteiger partial charge in [-0.2, -0.15) is 0 Å². The van der Waals surface area contributed by atoms with Gasteiger partial charge in [0, 0.05) is 0 Å². The molecule has 0 spiro atoms. The van der Waals surface area contributed by atoms with E-state index in [-0.39, 0.29) is 0 Å². The van der Waals surface area contributed by atoms with E-state index in [4.69, 9.17) is 11.0 Å². The van der Waals surface area contributed by atoms with Gasteiger partial charge in [0.15, 0.2) is 0 Å². The van der Waals surface area contributed by atoms with E-state index in [1.54, 1.807) is 0 Å². The van der Waals surface area contributed by atoms with Gasteiger partial charge in [0.2, 0.25) is 5.13 Å². The predicted molar refractivity (Wildman–Crippen MR) is 39.5 cm³/mol. The van der Waals surface area contributed by atoms with Crippen LogP contribution in [0.5, 0.6) is 0 Å². The quantitative estimate of drug-likeness (QED) is 0.550. The largest absolute Gasteiger partial charge is 0.299 e. The van der Waals surface area contributed by atoms with E-state index in [9.17, 15) is 4.57 Å². The Labute approximate surface area is 61.2 Å². The zero-order chi connectivity index (χ0) is 7.61. The summed E-state index contributed by atoms with van der Waals surface area (Å²) >= 11 is 1.18. The lowest BCUT2D eigenvalue weighted by molar-refractivity contribution is 0.580. The summed E-state index contributed by atoms with van der Waals surface area (Å²) in [6.45, 7) is 0. The molecule has 0 aliphatic rings. The minimum Gasteiger partial charge on any atom is -0.287 e. The number of hydrogen-bond acceptors (Lipinski definition) is 4. The molecule has 1 aromatic rings. The summed E-state index contributed by atoms with van der Waals surface area (Å²) < 4.78 is 10.7. The number of hydrogen-bond donors (Lipinski definition) is 3. The molecule has 0 amide bonds. The van der Waals surface area contributed by atoms with Crippen molar-refractivity contribution in [3.63, 3.8) is 0 Å². The van der Waals surface area contributed by atoms with Gasteiger partial charge in [0.25, 0.3) is 7.59 Å². The lowest BCUT2D eigenvalue weighted by Crippen LogP contribution is -2.12. The fraction of sp³-hybridized carbons (Fsp3) is 0. The van der Waals surface area contributed by atoms with E-state index in [0.29, 0.717) is 5.13 Å². The van der Waals surface area contributed by atoms with Crippen molar-refractivity contribution in [3.05, 3.63) is 5.51 Å². The molecule has 0 unspecified atom stereocenters. The Balaban J connectivity index is 2.66. The summed E-state index contributed by atoms with van der Waals surface area (Å²) in [4.78, 5) is 0. The minimum atomic E-state index is -3.20. The van der Waals surface area contributed by atoms with Gasteiger partial charge in [0.1, 0.15) is 5.51 Å². The molecular weight excluding hydrogens is 173 g/mol. The van der Waals surface area contributed by atoms with E-state index >= 15 is 0 Å². The average molecular weight is 179 g/mol. The summed E-state index contributed by atoms with van der Waals surface area (Å²) in [7, 11) is -3.20. The van der Waals surface area contributed by atoms with Gasteiger partial charge in [-0.05, 0) is 0 Å². The fourth-order valence-corrected chi connectivity index (χ4v) is 1.64. The average Bonchev–Trinajstić information content (AvgIpc) is 2.12. The standard InChI is InChI=1S/C2H6N5OPS/c3-9(4,8)7-2-6-5-1-10-2/h1H,(H5,3,4,6,7,8). The summed E-state index contributed by atoms with van der Waals surface area (Å²) in [5.74, 6) is 0. The molecule has 6 nitrogen and oxygen atoms in total. The molecule has 0 saturated heterocycles. The molecule has 1 aromatic heterocycles. The Hall–Kier alpha value is -0.490.